The van der Waals surface area contributed by atoms with Gasteiger partial charge in [0.1, 0.15) is 11.5 Å². The second-order valence-electron chi connectivity index (χ2n) is 7.95. The van der Waals surface area contributed by atoms with Gasteiger partial charge in [-0.2, -0.15) is 0 Å². The van der Waals surface area contributed by atoms with Crippen molar-refractivity contribution in [3.05, 3.63) is 88.6 Å². The molecule has 1 N–H and O–H groups in total. The van der Waals surface area contributed by atoms with Crippen molar-refractivity contribution >= 4 is 34.3 Å². The SMILES string of the molecule is Cc1c(C(=O)c2ccc(Cl)cc2)c2ccc(OC(F)(F)F)cc2n1-c1cccc(O[C@@H](C)C(=O)O)c1. The van der Waals surface area contributed by atoms with Crippen molar-refractivity contribution < 1.29 is 37.3 Å². The van der Waals surface area contributed by atoms with Crippen molar-refractivity contribution in [1.82, 2.24) is 4.57 Å². The second kappa shape index (κ2) is 9.58. The van der Waals surface area contributed by atoms with Gasteiger partial charge in [-0.25, -0.2) is 4.79 Å². The molecule has 0 radical (unpaired) electrons. The monoisotopic (exact) mass is 517 g/mol. The predicted molar refractivity (Wildman–Crippen MR) is 127 cm³/mol. The van der Waals surface area contributed by atoms with Crippen molar-refractivity contribution in [3.8, 4) is 17.2 Å². The molecule has 10 heteroatoms. The molecule has 0 aliphatic heterocycles. The third-order valence-electron chi connectivity index (χ3n) is 5.48. The van der Waals surface area contributed by atoms with E-state index in [1.807, 2.05) is 0 Å². The number of hydrogen-bond acceptors (Lipinski definition) is 4. The number of halogens is 4. The minimum Gasteiger partial charge on any atom is -0.479 e. The van der Waals surface area contributed by atoms with Crippen LogP contribution in [0, 0.1) is 6.92 Å². The molecule has 1 heterocycles. The number of carbonyl (C=O) groups is 2. The van der Waals surface area contributed by atoms with Gasteiger partial charge in [0.05, 0.1) is 11.1 Å². The van der Waals surface area contributed by atoms with E-state index in [1.54, 1.807) is 60.0 Å². The van der Waals surface area contributed by atoms with E-state index < -0.39 is 24.2 Å². The number of carboxylic acid groups (broad SMARTS) is 1. The van der Waals surface area contributed by atoms with E-state index in [4.69, 9.17) is 21.4 Å². The predicted octanol–water partition coefficient (Wildman–Crippen LogP) is 6.57. The van der Waals surface area contributed by atoms with Crippen LogP contribution in [0.2, 0.25) is 5.02 Å². The molecule has 0 aliphatic carbocycles. The number of aromatic nitrogens is 1. The smallest absolute Gasteiger partial charge is 0.479 e. The molecule has 4 aromatic rings. The molecule has 186 valence electrons. The third kappa shape index (κ3) is 5.16. The van der Waals surface area contributed by atoms with Gasteiger partial charge in [-0.05, 0) is 62.4 Å². The normalized spacial score (nSPS) is 12.4. The van der Waals surface area contributed by atoms with Crippen molar-refractivity contribution in [2.24, 2.45) is 0 Å². The van der Waals surface area contributed by atoms with Crippen LogP contribution in [0.3, 0.4) is 0 Å². The van der Waals surface area contributed by atoms with Crippen molar-refractivity contribution in [3.63, 3.8) is 0 Å². The number of carboxylic acids is 1. The average Bonchev–Trinajstić information content (AvgIpc) is 3.09. The highest BCUT2D eigenvalue weighted by molar-refractivity contribution is 6.30. The number of rotatable bonds is 7. The lowest BCUT2D eigenvalue weighted by Crippen LogP contribution is -2.22. The molecule has 36 heavy (non-hydrogen) atoms. The maximum atomic E-state index is 13.5. The molecular formula is C26H19ClF3NO5. The average molecular weight is 518 g/mol. The first kappa shape index (κ1) is 25.1. The van der Waals surface area contributed by atoms with Gasteiger partial charge in [0, 0.05) is 39.5 Å². The van der Waals surface area contributed by atoms with Gasteiger partial charge in [-0.3, -0.25) is 4.79 Å². The van der Waals surface area contributed by atoms with Gasteiger partial charge in [0.2, 0.25) is 0 Å². The van der Waals surface area contributed by atoms with Gasteiger partial charge in [0.25, 0.3) is 0 Å². The third-order valence-corrected chi connectivity index (χ3v) is 5.73. The summed E-state index contributed by atoms with van der Waals surface area (Å²) in [4.78, 5) is 24.7. The molecule has 6 nitrogen and oxygen atoms in total. The lowest BCUT2D eigenvalue weighted by atomic mass is 10.0. The number of carbonyl (C=O) groups excluding carboxylic acids is 1. The standard InChI is InChI=1S/C26H19ClF3NO5/c1-14-23(24(32)16-6-8-17(27)9-7-16)21-11-10-20(36-26(28,29)30)13-22(21)31(14)18-4-3-5-19(12-18)35-15(2)25(33)34/h3-13,15H,1-2H3,(H,33,34)/t15-/m0/s1. The molecule has 1 atom stereocenters. The Hall–Kier alpha value is -3.98. The quantitative estimate of drug-likeness (QED) is 0.280. The maximum Gasteiger partial charge on any atom is 0.573 e. The van der Waals surface area contributed by atoms with Crippen LogP contribution in [0.5, 0.6) is 11.5 Å². The summed E-state index contributed by atoms with van der Waals surface area (Å²) in [6, 6.07) is 16.4. The van der Waals surface area contributed by atoms with Crippen LogP contribution in [-0.2, 0) is 4.79 Å². The number of ether oxygens (including phenoxy) is 2. The first-order chi connectivity index (χ1) is 16.9. The summed E-state index contributed by atoms with van der Waals surface area (Å²) < 4.78 is 49.9. The Morgan fingerprint density at radius 3 is 2.33 bits per heavy atom. The Morgan fingerprint density at radius 1 is 1.00 bits per heavy atom. The van der Waals surface area contributed by atoms with Crippen LogP contribution in [0.25, 0.3) is 16.6 Å². The number of nitrogens with zero attached hydrogens (tertiary/aromatic N) is 1. The zero-order valence-corrected chi connectivity index (χ0v) is 19.7. The molecular weight excluding hydrogens is 499 g/mol. The number of ketones is 1. The highest BCUT2D eigenvalue weighted by Crippen LogP contribution is 2.35. The highest BCUT2D eigenvalue weighted by atomic mass is 35.5. The summed E-state index contributed by atoms with van der Waals surface area (Å²) >= 11 is 5.94. The minimum absolute atomic E-state index is 0.233. The Bertz CT molecular complexity index is 1460. The molecule has 0 bridgehead atoms. The number of alkyl halides is 3. The first-order valence-electron chi connectivity index (χ1n) is 10.7. The van der Waals surface area contributed by atoms with E-state index >= 15 is 0 Å². The first-order valence-corrected chi connectivity index (χ1v) is 11.0. The molecule has 0 unspecified atom stereocenters. The summed E-state index contributed by atoms with van der Waals surface area (Å²) in [6.07, 6.45) is -6.03. The summed E-state index contributed by atoms with van der Waals surface area (Å²) in [7, 11) is 0. The van der Waals surface area contributed by atoms with Crippen LogP contribution in [0.1, 0.15) is 28.5 Å². The van der Waals surface area contributed by atoms with Crippen molar-refractivity contribution in [1.29, 1.82) is 0 Å². The summed E-state index contributed by atoms with van der Waals surface area (Å²) in [5, 5.41) is 10.0. The number of benzene rings is 3. The molecule has 4 rings (SSSR count). The Morgan fingerprint density at radius 2 is 1.69 bits per heavy atom. The lowest BCUT2D eigenvalue weighted by molar-refractivity contribution is -0.274. The van der Waals surface area contributed by atoms with Gasteiger partial charge < -0.3 is 19.1 Å². The molecule has 0 saturated heterocycles. The second-order valence-corrected chi connectivity index (χ2v) is 8.39. The molecule has 0 amide bonds. The maximum absolute atomic E-state index is 13.5. The Labute approximate surface area is 208 Å². The number of hydrogen-bond donors (Lipinski definition) is 1. The fourth-order valence-electron chi connectivity index (χ4n) is 3.91. The van der Waals surface area contributed by atoms with Crippen LogP contribution < -0.4 is 9.47 Å². The topological polar surface area (TPSA) is 77.8 Å². The Kier molecular flexibility index (Phi) is 6.69. The molecule has 0 saturated carbocycles. The molecule has 1 aromatic heterocycles. The molecule has 0 aliphatic rings. The van der Waals surface area contributed by atoms with Gasteiger partial charge in [0.15, 0.2) is 11.9 Å². The van der Waals surface area contributed by atoms with E-state index in [-0.39, 0.29) is 22.6 Å². The van der Waals surface area contributed by atoms with Crippen LogP contribution in [0.15, 0.2) is 66.7 Å². The van der Waals surface area contributed by atoms with Crippen LogP contribution >= 0.6 is 11.6 Å². The van der Waals surface area contributed by atoms with Gasteiger partial charge in [-0.15, -0.1) is 13.2 Å². The van der Waals surface area contributed by atoms with Gasteiger partial charge >= 0.3 is 12.3 Å². The van der Waals surface area contributed by atoms with E-state index in [1.165, 1.54) is 19.1 Å². The fourth-order valence-corrected chi connectivity index (χ4v) is 4.03. The largest absolute Gasteiger partial charge is 0.573 e. The summed E-state index contributed by atoms with van der Waals surface area (Å²) in [5.74, 6) is -1.72. The van der Waals surface area contributed by atoms with Crippen molar-refractivity contribution in [2.75, 3.05) is 0 Å². The zero-order valence-electron chi connectivity index (χ0n) is 19.0. The van der Waals surface area contributed by atoms with Crippen molar-refractivity contribution in [2.45, 2.75) is 26.3 Å². The summed E-state index contributed by atoms with van der Waals surface area (Å²) in [6.45, 7) is 3.04. The Balaban J connectivity index is 1.91. The van der Waals surface area contributed by atoms with E-state index in [2.05, 4.69) is 4.74 Å². The molecule has 0 spiro atoms. The van der Waals surface area contributed by atoms with E-state index in [0.717, 1.165) is 6.07 Å². The van der Waals surface area contributed by atoms with Gasteiger partial charge in [-0.1, -0.05) is 17.7 Å². The summed E-state index contributed by atoms with van der Waals surface area (Å²) in [5.41, 5.74) is 1.83. The molecule has 0 fully saturated rings. The van der Waals surface area contributed by atoms with E-state index in [0.29, 0.717) is 27.4 Å². The number of aliphatic carboxylic acids is 1. The van der Waals surface area contributed by atoms with Crippen LogP contribution in [-0.4, -0.2) is 33.9 Å². The zero-order chi connectivity index (χ0) is 26.2. The number of fused-ring (bicyclic) bond motifs is 1. The highest BCUT2D eigenvalue weighted by Gasteiger charge is 2.32. The minimum atomic E-state index is -4.90. The fraction of sp³-hybridized carbons (Fsp3) is 0.154. The molecule has 3 aromatic carbocycles. The lowest BCUT2D eigenvalue weighted by Gasteiger charge is -2.14. The van der Waals surface area contributed by atoms with Crippen LogP contribution in [0.4, 0.5) is 13.2 Å². The van der Waals surface area contributed by atoms with E-state index in [9.17, 15) is 22.8 Å².